The molecule has 0 bridgehead atoms. The van der Waals surface area contributed by atoms with E-state index in [1.54, 1.807) is 0 Å². The van der Waals surface area contributed by atoms with Crippen LogP contribution in [0.5, 0.6) is 5.88 Å². The number of hydrogen-bond acceptors (Lipinski definition) is 3. The maximum absolute atomic E-state index is 11.6. The van der Waals surface area contributed by atoms with Crippen LogP contribution in [0.25, 0.3) is 0 Å². The fourth-order valence-corrected chi connectivity index (χ4v) is 0.690. The molecule has 0 spiro atoms. The summed E-state index contributed by atoms with van der Waals surface area (Å²) in [5.74, 6) is -0.246. The van der Waals surface area contributed by atoms with Crippen molar-refractivity contribution in [1.82, 2.24) is 9.97 Å². The van der Waals surface area contributed by atoms with Gasteiger partial charge in [-0.15, -0.1) is 0 Å². The van der Waals surface area contributed by atoms with Crippen molar-refractivity contribution in [3.63, 3.8) is 0 Å². The summed E-state index contributed by atoms with van der Waals surface area (Å²) in [7, 11) is 0. The number of ether oxygens (including phenoxy) is 1. The Balaban J connectivity index is 2.55. The Morgan fingerprint density at radius 3 is 2.62 bits per heavy atom. The lowest BCUT2D eigenvalue weighted by Gasteiger charge is -2.07. The molecular weight excluding hydrogens is 209 g/mol. The average molecular weight is 213 g/mol. The molecule has 0 aliphatic heterocycles. The largest absolute Gasteiger partial charge is 0.467 e. The highest BCUT2D eigenvalue weighted by atomic mass is 35.5. The third-order valence-electron chi connectivity index (χ3n) is 0.967. The van der Waals surface area contributed by atoms with Gasteiger partial charge in [-0.05, 0) is 0 Å². The van der Waals surface area contributed by atoms with E-state index in [1.165, 1.54) is 6.20 Å². The maximum Gasteiger partial charge on any atom is 0.422 e. The lowest BCUT2D eigenvalue weighted by Crippen LogP contribution is -2.19. The molecule has 0 saturated heterocycles. The second-order valence-corrected chi connectivity index (χ2v) is 2.47. The molecule has 0 amide bonds. The molecule has 0 N–H and O–H groups in total. The molecule has 1 heterocycles. The van der Waals surface area contributed by atoms with Crippen LogP contribution in [-0.4, -0.2) is 22.8 Å². The van der Waals surface area contributed by atoms with E-state index >= 15 is 0 Å². The Bertz CT molecular complexity index is 291. The average Bonchev–Trinajstić information content (AvgIpc) is 2.00. The fraction of sp³-hybridized carbons (Fsp3) is 0.333. The van der Waals surface area contributed by atoms with Crippen molar-refractivity contribution in [2.45, 2.75) is 6.18 Å². The van der Waals surface area contributed by atoms with Crippen molar-refractivity contribution < 1.29 is 17.9 Å². The number of halogens is 4. The first-order valence-corrected chi connectivity index (χ1v) is 3.52. The van der Waals surface area contributed by atoms with Gasteiger partial charge in [0.1, 0.15) is 0 Å². The van der Waals surface area contributed by atoms with E-state index in [4.69, 9.17) is 11.6 Å². The van der Waals surface area contributed by atoms with Crippen LogP contribution in [0.2, 0.25) is 5.15 Å². The van der Waals surface area contributed by atoms with Gasteiger partial charge < -0.3 is 4.74 Å². The first kappa shape index (κ1) is 10.0. The summed E-state index contributed by atoms with van der Waals surface area (Å²) in [6.45, 7) is -1.40. The summed E-state index contributed by atoms with van der Waals surface area (Å²) in [4.78, 5) is 6.96. The van der Waals surface area contributed by atoms with Gasteiger partial charge in [0.05, 0.1) is 12.4 Å². The first-order chi connectivity index (χ1) is 5.97. The SMILES string of the molecule is FC(F)(F)COc1cncc(Cl)n1. The van der Waals surface area contributed by atoms with E-state index in [9.17, 15) is 13.2 Å². The van der Waals surface area contributed by atoms with Crippen LogP contribution in [-0.2, 0) is 0 Å². The van der Waals surface area contributed by atoms with Crippen molar-refractivity contribution in [3.05, 3.63) is 17.5 Å². The third kappa shape index (κ3) is 3.93. The molecule has 1 aromatic rings. The van der Waals surface area contributed by atoms with E-state index in [1.807, 2.05) is 0 Å². The molecule has 0 radical (unpaired) electrons. The van der Waals surface area contributed by atoms with Crippen molar-refractivity contribution >= 4 is 11.6 Å². The van der Waals surface area contributed by atoms with Gasteiger partial charge in [0.2, 0.25) is 5.88 Å². The molecule has 72 valence electrons. The summed E-state index contributed by atoms with van der Waals surface area (Å²) < 4.78 is 39.2. The standard InChI is InChI=1S/C6H4ClF3N2O/c7-4-1-11-2-5(12-4)13-3-6(8,9)10/h1-2H,3H2. The topological polar surface area (TPSA) is 35.0 Å². The molecule has 7 heteroatoms. The summed E-state index contributed by atoms with van der Waals surface area (Å²) in [5.41, 5.74) is 0. The van der Waals surface area contributed by atoms with Gasteiger partial charge in [-0.2, -0.15) is 18.2 Å². The summed E-state index contributed by atoms with van der Waals surface area (Å²) in [5, 5.41) is -0.0142. The summed E-state index contributed by atoms with van der Waals surface area (Å²) in [6, 6.07) is 0. The van der Waals surface area contributed by atoms with E-state index in [2.05, 4.69) is 14.7 Å². The highest BCUT2D eigenvalue weighted by Gasteiger charge is 2.28. The van der Waals surface area contributed by atoms with Gasteiger partial charge in [0, 0.05) is 0 Å². The predicted octanol–water partition coefficient (Wildman–Crippen LogP) is 2.07. The molecule has 0 atom stereocenters. The van der Waals surface area contributed by atoms with E-state index in [-0.39, 0.29) is 11.0 Å². The first-order valence-electron chi connectivity index (χ1n) is 3.14. The molecule has 0 unspecified atom stereocenters. The Hall–Kier alpha value is -1.04. The Labute approximate surface area is 76.5 Å². The monoisotopic (exact) mass is 212 g/mol. The van der Waals surface area contributed by atoms with Crippen LogP contribution in [0.4, 0.5) is 13.2 Å². The third-order valence-corrected chi connectivity index (χ3v) is 1.15. The van der Waals surface area contributed by atoms with Crippen LogP contribution in [0.15, 0.2) is 12.4 Å². The van der Waals surface area contributed by atoms with Gasteiger partial charge in [0.15, 0.2) is 11.8 Å². The minimum atomic E-state index is -4.38. The molecule has 0 aliphatic rings. The van der Waals surface area contributed by atoms with Crippen molar-refractivity contribution in [1.29, 1.82) is 0 Å². The molecule has 13 heavy (non-hydrogen) atoms. The molecular formula is C6H4ClF3N2O. The van der Waals surface area contributed by atoms with Crippen LogP contribution in [0.1, 0.15) is 0 Å². The van der Waals surface area contributed by atoms with Gasteiger partial charge in [-0.1, -0.05) is 11.6 Å². The van der Waals surface area contributed by atoms with Crippen LogP contribution < -0.4 is 4.74 Å². The number of alkyl halides is 3. The summed E-state index contributed by atoms with van der Waals surface area (Å²) >= 11 is 5.36. The molecule has 0 fully saturated rings. The molecule has 1 rings (SSSR count). The number of rotatable bonds is 2. The Morgan fingerprint density at radius 1 is 1.38 bits per heavy atom. The Morgan fingerprint density at radius 2 is 2.08 bits per heavy atom. The quantitative estimate of drug-likeness (QED) is 0.753. The van der Waals surface area contributed by atoms with Crippen LogP contribution in [0, 0.1) is 0 Å². The van der Waals surface area contributed by atoms with Gasteiger partial charge >= 0.3 is 6.18 Å². The Kier molecular flexibility index (Phi) is 2.92. The zero-order chi connectivity index (χ0) is 9.90. The lowest BCUT2D eigenvalue weighted by molar-refractivity contribution is -0.154. The second kappa shape index (κ2) is 3.78. The minimum Gasteiger partial charge on any atom is -0.467 e. The van der Waals surface area contributed by atoms with E-state index < -0.39 is 12.8 Å². The number of hydrogen-bond donors (Lipinski definition) is 0. The van der Waals surface area contributed by atoms with Crippen molar-refractivity contribution in [2.24, 2.45) is 0 Å². The molecule has 0 aromatic carbocycles. The van der Waals surface area contributed by atoms with Crippen molar-refractivity contribution in [3.8, 4) is 5.88 Å². The van der Waals surface area contributed by atoms with Gasteiger partial charge in [0.25, 0.3) is 0 Å². The molecule has 1 aromatic heterocycles. The van der Waals surface area contributed by atoms with Crippen LogP contribution in [0.3, 0.4) is 0 Å². The highest BCUT2D eigenvalue weighted by molar-refractivity contribution is 6.29. The molecule has 3 nitrogen and oxygen atoms in total. The van der Waals surface area contributed by atoms with Crippen molar-refractivity contribution in [2.75, 3.05) is 6.61 Å². The molecule has 0 aliphatic carbocycles. The molecule has 0 saturated carbocycles. The van der Waals surface area contributed by atoms with E-state index in [0.717, 1.165) is 6.20 Å². The fourth-order valence-electron chi connectivity index (χ4n) is 0.551. The summed E-state index contributed by atoms with van der Waals surface area (Å²) in [6.07, 6.45) is -2.14. The highest BCUT2D eigenvalue weighted by Crippen LogP contribution is 2.17. The zero-order valence-electron chi connectivity index (χ0n) is 6.18. The van der Waals surface area contributed by atoms with Gasteiger partial charge in [-0.3, -0.25) is 4.98 Å². The lowest BCUT2D eigenvalue weighted by atomic mass is 10.7. The zero-order valence-corrected chi connectivity index (χ0v) is 6.93. The van der Waals surface area contributed by atoms with Crippen LogP contribution >= 0.6 is 11.6 Å². The second-order valence-electron chi connectivity index (χ2n) is 2.08. The smallest absolute Gasteiger partial charge is 0.422 e. The minimum absolute atomic E-state index is 0.0142. The van der Waals surface area contributed by atoms with Gasteiger partial charge in [-0.25, -0.2) is 0 Å². The predicted molar refractivity (Wildman–Crippen MR) is 38.6 cm³/mol. The number of nitrogens with zero attached hydrogens (tertiary/aromatic N) is 2. The number of aromatic nitrogens is 2. The normalized spacial score (nSPS) is 11.4. The van der Waals surface area contributed by atoms with E-state index in [0.29, 0.717) is 0 Å². The maximum atomic E-state index is 11.6.